The Balaban J connectivity index is 1.83. The second kappa shape index (κ2) is 6.92. The minimum atomic E-state index is 0.123. The van der Waals surface area contributed by atoms with Gasteiger partial charge < -0.3 is 15.2 Å². The van der Waals surface area contributed by atoms with Gasteiger partial charge in [0.2, 0.25) is 0 Å². The Bertz CT molecular complexity index is 386. The molecule has 1 aliphatic carbocycles. The first kappa shape index (κ1) is 14.4. The van der Waals surface area contributed by atoms with Crippen molar-refractivity contribution in [1.82, 2.24) is 5.32 Å². The Morgan fingerprint density at radius 2 is 2.11 bits per heavy atom. The summed E-state index contributed by atoms with van der Waals surface area (Å²) in [5.41, 5.74) is 1.36. The zero-order chi connectivity index (χ0) is 13.6. The van der Waals surface area contributed by atoms with Gasteiger partial charge in [-0.15, -0.1) is 0 Å². The molecule has 1 aromatic carbocycles. The number of ether oxygens (including phenoxy) is 1. The Morgan fingerprint density at radius 1 is 1.32 bits per heavy atom. The van der Waals surface area contributed by atoms with Gasteiger partial charge in [-0.2, -0.15) is 0 Å². The van der Waals surface area contributed by atoms with E-state index in [9.17, 15) is 5.11 Å². The fourth-order valence-corrected chi connectivity index (χ4v) is 2.90. The maximum Gasteiger partial charge on any atom is 0.119 e. The van der Waals surface area contributed by atoms with Crippen LogP contribution in [0.1, 0.15) is 38.2 Å². The first-order chi connectivity index (χ1) is 9.28. The maximum absolute atomic E-state index is 9.57. The van der Waals surface area contributed by atoms with Crippen molar-refractivity contribution in [3.05, 3.63) is 29.8 Å². The van der Waals surface area contributed by atoms with Crippen LogP contribution in [0.15, 0.2) is 24.3 Å². The lowest BCUT2D eigenvalue weighted by Crippen LogP contribution is -2.34. The van der Waals surface area contributed by atoms with Crippen LogP contribution in [0.25, 0.3) is 0 Å². The van der Waals surface area contributed by atoms with Crippen molar-refractivity contribution < 1.29 is 9.84 Å². The Kier molecular flexibility index (Phi) is 5.23. The Labute approximate surface area is 116 Å². The van der Waals surface area contributed by atoms with Gasteiger partial charge in [-0.1, -0.05) is 25.0 Å². The Morgan fingerprint density at radius 3 is 2.79 bits per heavy atom. The zero-order valence-electron chi connectivity index (χ0n) is 11.8. The van der Waals surface area contributed by atoms with Crippen molar-refractivity contribution >= 4 is 0 Å². The first-order valence-electron chi connectivity index (χ1n) is 7.31. The number of hydrogen-bond acceptors (Lipinski definition) is 3. The lowest BCUT2D eigenvalue weighted by atomic mass is 9.87. The number of nitrogens with one attached hydrogen (secondary N) is 1. The normalized spacial score (nSPS) is 17.6. The number of aliphatic hydroxyl groups excluding tert-OH is 1. The molecular formula is C16H25NO2. The topological polar surface area (TPSA) is 41.5 Å². The van der Waals surface area contributed by atoms with Gasteiger partial charge in [0.15, 0.2) is 0 Å². The van der Waals surface area contributed by atoms with Crippen molar-refractivity contribution in [3.63, 3.8) is 0 Å². The van der Waals surface area contributed by atoms with Crippen LogP contribution in [0.4, 0.5) is 0 Å². The molecule has 0 aromatic heterocycles. The van der Waals surface area contributed by atoms with Crippen molar-refractivity contribution in [2.45, 2.75) is 39.2 Å². The molecule has 1 saturated carbocycles. The molecule has 0 amide bonds. The highest BCUT2D eigenvalue weighted by molar-refractivity contribution is 5.28. The third-order valence-electron chi connectivity index (χ3n) is 4.04. The average Bonchev–Trinajstić information content (AvgIpc) is 2.89. The van der Waals surface area contributed by atoms with Crippen molar-refractivity contribution in [3.8, 4) is 5.75 Å². The van der Waals surface area contributed by atoms with E-state index in [0.29, 0.717) is 13.2 Å². The van der Waals surface area contributed by atoms with Gasteiger partial charge in [0, 0.05) is 25.1 Å². The van der Waals surface area contributed by atoms with Crippen LogP contribution in [0.3, 0.4) is 0 Å². The monoisotopic (exact) mass is 263 g/mol. The summed E-state index contributed by atoms with van der Waals surface area (Å²) < 4.78 is 5.50. The molecule has 0 bridgehead atoms. The van der Waals surface area contributed by atoms with E-state index in [4.69, 9.17) is 4.74 Å². The predicted molar refractivity (Wildman–Crippen MR) is 77.3 cm³/mol. The minimum Gasteiger partial charge on any atom is -0.494 e. The van der Waals surface area contributed by atoms with Crippen LogP contribution in [-0.2, 0) is 6.54 Å². The third-order valence-corrected chi connectivity index (χ3v) is 4.04. The smallest absolute Gasteiger partial charge is 0.119 e. The van der Waals surface area contributed by atoms with Crippen molar-refractivity contribution in [1.29, 1.82) is 0 Å². The molecule has 0 saturated heterocycles. The number of rotatable bonds is 7. The lowest BCUT2D eigenvalue weighted by Gasteiger charge is -2.26. The van der Waals surface area contributed by atoms with Crippen LogP contribution < -0.4 is 10.1 Å². The molecule has 1 aromatic rings. The summed E-state index contributed by atoms with van der Waals surface area (Å²) in [6.45, 7) is 4.74. The molecule has 2 N–H and O–H groups in total. The molecule has 3 nitrogen and oxygen atoms in total. The van der Waals surface area contributed by atoms with Crippen LogP contribution in [-0.4, -0.2) is 24.9 Å². The molecule has 19 heavy (non-hydrogen) atoms. The molecule has 0 unspecified atom stereocenters. The molecule has 0 radical (unpaired) electrons. The van der Waals surface area contributed by atoms with E-state index in [-0.39, 0.29) is 5.41 Å². The van der Waals surface area contributed by atoms with Gasteiger partial charge in [0.1, 0.15) is 5.75 Å². The summed E-state index contributed by atoms with van der Waals surface area (Å²) in [7, 11) is 0. The molecule has 0 aliphatic heterocycles. The molecule has 3 heteroatoms. The van der Waals surface area contributed by atoms with Gasteiger partial charge in [-0.05, 0) is 37.5 Å². The highest BCUT2D eigenvalue weighted by atomic mass is 16.5. The standard InChI is InChI=1S/C16H25NO2/c1-2-19-15-7-5-6-14(10-15)11-17-12-16(13-18)8-3-4-9-16/h5-7,10,17-18H,2-4,8-9,11-13H2,1H3. The molecule has 1 fully saturated rings. The van der Waals surface area contributed by atoms with E-state index in [1.807, 2.05) is 19.1 Å². The summed E-state index contributed by atoms with van der Waals surface area (Å²) >= 11 is 0. The van der Waals surface area contributed by atoms with Crippen LogP contribution >= 0.6 is 0 Å². The minimum absolute atomic E-state index is 0.123. The second-order valence-electron chi connectivity index (χ2n) is 5.55. The molecular weight excluding hydrogens is 238 g/mol. The van der Waals surface area contributed by atoms with Crippen molar-refractivity contribution in [2.24, 2.45) is 5.41 Å². The predicted octanol–water partition coefficient (Wildman–Crippen LogP) is 2.73. The van der Waals surface area contributed by atoms with Gasteiger partial charge in [0.05, 0.1) is 6.61 Å². The summed E-state index contributed by atoms with van der Waals surface area (Å²) in [4.78, 5) is 0. The first-order valence-corrected chi connectivity index (χ1v) is 7.31. The number of aliphatic hydroxyl groups is 1. The van der Waals surface area contributed by atoms with E-state index in [1.165, 1.54) is 18.4 Å². The molecule has 0 heterocycles. The number of hydrogen-bond donors (Lipinski definition) is 2. The maximum atomic E-state index is 9.57. The third kappa shape index (κ3) is 3.95. The van der Waals surface area contributed by atoms with E-state index < -0.39 is 0 Å². The number of benzene rings is 1. The van der Waals surface area contributed by atoms with Gasteiger partial charge in [-0.3, -0.25) is 0 Å². The van der Waals surface area contributed by atoms with Gasteiger partial charge in [-0.25, -0.2) is 0 Å². The second-order valence-corrected chi connectivity index (χ2v) is 5.55. The van der Waals surface area contributed by atoms with Gasteiger partial charge >= 0.3 is 0 Å². The highest BCUT2D eigenvalue weighted by Crippen LogP contribution is 2.36. The summed E-state index contributed by atoms with van der Waals surface area (Å²) in [6, 6.07) is 8.20. The van der Waals surface area contributed by atoms with Crippen LogP contribution in [0, 0.1) is 5.41 Å². The Hall–Kier alpha value is -1.06. The largest absolute Gasteiger partial charge is 0.494 e. The fourth-order valence-electron chi connectivity index (χ4n) is 2.90. The summed E-state index contributed by atoms with van der Waals surface area (Å²) in [5, 5.41) is 13.1. The van der Waals surface area contributed by atoms with Crippen molar-refractivity contribution in [2.75, 3.05) is 19.8 Å². The molecule has 2 rings (SSSR count). The molecule has 106 valence electrons. The van der Waals surface area contributed by atoms with Crippen LogP contribution in [0.2, 0.25) is 0 Å². The van der Waals surface area contributed by atoms with E-state index in [2.05, 4.69) is 17.4 Å². The van der Waals surface area contributed by atoms with E-state index >= 15 is 0 Å². The highest BCUT2D eigenvalue weighted by Gasteiger charge is 2.32. The van der Waals surface area contributed by atoms with Crippen LogP contribution in [0.5, 0.6) is 5.75 Å². The summed E-state index contributed by atoms with van der Waals surface area (Å²) in [5.74, 6) is 0.930. The van der Waals surface area contributed by atoms with Gasteiger partial charge in [0.25, 0.3) is 0 Å². The fraction of sp³-hybridized carbons (Fsp3) is 0.625. The molecule has 0 spiro atoms. The average molecular weight is 263 g/mol. The lowest BCUT2D eigenvalue weighted by molar-refractivity contribution is 0.128. The quantitative estimate of drug-likeness (QED) is 0.795. The zero-order valence-corrected chi connectivity index (χ0v) is 11.8. The molecule has 1 aliphatic rings. The SMILES string of the molecule is CCOc1cccc(CNCC2(CO)CCCC2)c1. The summed E-state index contributed by atoms with van der Waals surface area (Å²) in [6.07, 6.45) is 4.80. The van der Waals surface area contributed by atoms with E-state index in [0.717, 1.165) is 31.7 Å². The van der Waals surface area contributed by atoms with E-state index in [1.54, 1.807) is 0 Å². The molecule has 0 atom stereocenters.